The van der Waals surface area contributed by atoms with Crippen LogP contribution in [0.15, 0.2) is 24.3 Å². The van der Waals surface area contributed by atoms with Gasteiger partial charge in [0.15, 0.2) is 11.5 Å². The lowest BCUT2D eigenvalue weighted by Crippen LogP contribution is -2.16. The van der Waals surface area contributed by atoms with E-state index in [1.54, 1.807) is 12.1 Å². The Bertz CT molecular complexity index is 1040. The molecule has 0 saturated carbocycles. The summed E-state index contributed by atoms with van der Waals surface area (Å²) in [6.07, 6.45) is 0. The van der Waals surface area contributed by atoms with Gasteiger partial charge in [-0.1, -0.05) is 51.1 Å². The van der Waals surface area contributed by atoms with Gasteiger partial charge in [-0.3, -0.25) is 9.59 Å². The molecule has 0 bridgehead atoms. The Morgan fingerprint density at radius 3 is 1.27 bits per heavy atom. The minimum atomic E-state index is -1.63. The monoisotopic (exact) mass is 436 g/mol. The van der Waals surface area contributed by atoms with Gasteiger partial charge in [-0.2, -0.15) is 0 Å². The molecule has 0 saturated heterocycles. The van der Waals surface area contributed by atoms with Gasteiger partial charge in [0.1, 0.15) is 16.1 Å². The first-order valence-electron chi connectivity index (χ1n) is 9.80. The van der Waals surface area contributed by atoms with E-state index in [4.69, 9.17) is 9.47 Å². The van der Waals surface area contributed by atoms with Gasteiger partial charge < -0.3 is 9.47 Å². The van der Waals surface area contributed by atoms with Crippen LogP contribution in [-0.2, 0) is 9.59 Å². The molecule has 0 spiro atoms. The molecule has 0 aromatic heterocycles. The lowest BCUT2D eigenvalue weighted by Gasteiger charge is -2.14. The maximum atomic E-state index is 11.8. The summed E-state index contributed by atoms with van der Waals surface area (Å²) >= 11 is 0. The van der Waals surface area contributed by atoms with Gasteiger partial charge in [0.2, 0.25) is 0 Å². The highest BCUT2D eigenvalue weighted by Crippen LogP contribution is 2.37. The predicted molar refractivity (Wildman–Crippen MR) is 127 cm³/mol. The summed E-state index contributed by atoms with van der Waals surface area (Å²) in [6, 6.07) is 7.29. The molecular formula is C24H28O4Si2. The Labute approximate surface area is 181 Å². The zero-order valence-corrected chi connectivity index (χ0v) is 20.9. The van der Waals surface area contributed by atoms with Crippen LogP contribution in [-0.4, -0.2) is 28.1 Å². The third-order valence-corrected chi connectivity index (χ3v) is 5.49. The van der Waals surface area contributed by atoms with Crippen LogP contribution >= 0.6 is 0 Å². The molecule has 0 aliphatic heterocycles. The highest BCUT2D eigenvalue weighted by atomic mass is 28.3. The third kappa shape index (κ3) is 6.62. The normalized spacial score (nSPS) is 11.1. The van der Waals surface area contributed by atoms with Crippen LogP contribution < -0.4 is 9.47 Å². The van der Waals surface area contributed by atoms with Crippen molar-refractivity contribution in [1.29, 1.82) is 0 Å². The maximum absolute atomic E-state index is 11.8. The summed E-state index contributed by atoms with van der Waals surface area (Å²) in [5.74, 6) is 6.24. The van der Waals surface area contributed by atoms with Crippen LogP contribution in [0.2, 0.25) is 39.3 Å². The Morgan fingerprint density at radius 2 is 1.00 bits per heavy atom. The summed E-state index contributed by atoms with van der Waals surface area (Å²) in [7, 11) is -3.25. The second-order valence-electron chi connectivity index (χ2n) is 9.17. The van der Waals surface area contributed by atoms with Gasteiger partial charge in [-0.15, -0.1) is 11.1 Å². The third-order valence-electron chi connectivity index (χ3n) is 3.74. The molecule has 2 aromatic rings. The summed E-state index contributed by atoms with van der Waals surface area (Å²) in [5, 5.41) is 1.31. The van der Waals surface area contributed by atoms with Crippen molar-refractivity contribution >= 4 is 38.9 Å². The zero-order chi connectivity index (χ0) is 22.7. The van der Waals surface area contributed by atoms with Crippen molar-refractivity contribution in [3.05, 3.63) is 35.4 Å². The lowest BCUT2D eigenvalue weighted by molar-refractivity contribution is -0.132. The summed E-state index contributed by atoms with van der Waals surface area (Å²) in [6.45, 7) is 15.6. The van der Waals surface area contributed by atoms with Crippen molar-refractivity contribution in [2.75, 3.05) is 0 Å². The average molecular weight is 437 g/mol. The number of hydrogen-bond acceptors (Lipinski definition) is 4. The van der Waals surface area contributed by atoms with Gasteiger partial charge in [0, 0.05) is 24.6 Å². The molecule has 0 atom stereocenters. The molecule has 2 rings (SSSR count). The van der Waals surface area contributed by atoms with Crippen LogP contribution in [0.1, 0.15) is 25.0 Å². The first-order chi connectivity index (χ1) is 13.8. The molecule has 0 heterocycles. The summed E-state index contributed by atoms with van der Waals surface area (Å²) < 4.78 is 11.1. The fraction of sp³-hybridized carbons (Fsp3) is 0.333. The molecule has 0 aliphatic rings. The van der Waals surface area contributed by atoms with E-state index in [0.29, 0.717) is 33.4 Å². The number of carbonyl (C=O) groups excluding carboxylic acids is 2. The van der Waals surface area contributed by atoms with E-state index in [1.807, 2.05) is 12.1 Å². The van der Waals surface area contributed by atoms with Gasteiger partial charge in [0.05, 0.1) is 11.1 Å². The number of hydrogen-bond donors (Lipinski definition) is 0. The quantitative estimate of drug-likeness (QED) is 0.283. The predicted octanol–water partition coefficient (Wildman–Crippen LogP) is 5.15. The molecule has 2 aromatic carbocycles. The Hall–Kier alpha value is -2.81. The molecule has 0 radical (unpaired) electrons. The van der Waals surface area contributed by atoms with Crippen molar-refractivity contribution in [3.63, 3.8) is 0 Å². The van der Waals surface area contributed by atoms with Crippen LogP contribution in [0.3, 0.4) is 0 Å². The van der Waals surface area contributed by atoms with E-state index in [-0.39, 0.29) is 0 Å². The Balaban J connectivity index is 2.84. The fourth-order valence-electron chi connectivity index (χ4n) is 2.56. The molecule has 156 valence electrons. The van der Waals surface area contributed by atoms with E-state index < -0.39 is 28.1 Å². The van der Waals surface area contributed by atoms with E-state index >= 15 is 0 Å². The Kier molecular flexibility index (Phi) is 6.97. The molecular weight excluding hydrogens is 408 g/mol. The number of rotatable bonds is 2. The van der Waals surface area contributed by atoms with Crippen molar-refractivity contribution in [2.24, 2.45) is 0 Å². The van der Waals surface area contributed by atoms with Gasteiger partial charge >= 0.3 is 11.9 Å². The molecule has 4 nitrogen and oxygen atoms in total. The molecule has 0 amide bonds. The number of fused-ring (bicyclic) bond motifs is 1. The van der Waals surface area contributed by atoms with Crippen molar-refractivity contribution in [3.8, 4) is 34.4 Å². The smallest absolute Gasteiger partial charge is 0.308 e. The van der Waals surface area contributed by atoms with E-state index in [2.05, 4.69) is 62.2 Å². The summed E-state index contributed by atoms with van der Waals surface area (Å²) in [5.41, 5.74) is 7.88. The fourth-order valence-corrected chi connectivity index (χ4v) is 3.58. The SMILES string of the molecule is CC(=O)Oc1c(C#C[Si](C)(C)C)ccc2c(OC(C)=O)c(C#C[Si](C)(C)C)ccc12. The second-order valence-corrected chi connectivity index (χ2v) is 18.7. The topological polar surface area (TPSA) is 52.6 Å². The van der Waals surface area contributed by atoms with Crippen molar-refractivity contribution < 1.29 is 19.1 Å². The van der Waals surface area contributed by atoms with Gasteiger partial charge in [0.25, 0.3) is 0 Å². The zero-order valence-electron chi connectivity index (χ0n) is 18.9. The van der Waals surface area contributed by atoms with Crippen LogP contribution in [0.4, 0.5) is 0 Å². The van der Waals surface area contributed by atoms with Crippen LogP contribution in [0, 0.1) is 22.9 Å². The lowest BCUT2D eigenvalue weighted by atomic mass is 10.0. The molecule has 0 fully saturated rings. The van der Waals surface area contributed by atoms with Crippen LogP contribution in [0.5, 0.6) is 11.5 Å². The first-order valence-corrected chi connectivity index (χ1v) is 16.8. The van der Waals surface area contributed by atoms with Gasteiger partial charge in [-0.05, 0) is 24.3 Å². The van der Waals surface area contributed by atoms with Crippen LogP contribution in [0.25, 0.3) is 10.8 Å². The van der Waals surface area contributed by atoms with E-state index in [0.717, 1.165) is 0 Å². The number of esters is 2. The number of ether oxygens (including phenoxy) is 2. The van der Waals surface area contributed by atoms with Crippen molar-refractivity contribution in [2.45, 2.75) is 53.1 Å². The van der Waals surface area contributed by atoms with Crippen molar-refractivity contribution in [1.82, 2.24) is 0 Å². The molecule has 6 heteroatoms. The maximum Gasteiger partial charge on any atom is 0.308 e. The van der Waals surface area contributed by atoms with Gasteiger partial charge in [-0.25, -0.2) is 0 Å². The number of benzene rings is 2. The largest absolute Gasteiger partial charge is 0.425 e. The first kappa shape index (κ1) is 23.5. The highest BCUT2D eigenvalue weighted by Gasteiger charge is 2.18. The average Bonchev–Trinajstić information content (AvgIpc) is 2.57. The van der Waals surface area contributed by atoms with E-state index in [9.17, 15) is 9.59 Å². The standard InChI is InChI=1S/C24H28O4Si2/c1-17(25)27-23-19(13-15-29(3,4)5)9-12-22-21(23)11-10-20(14-16-30(6,7)8)24(22)28-18(2)26/h9-12H,1-8H3. The number of carbonyl (C=O) groups is 2. The minimum Gasteiger partial charge on any atom is -0.425 e. The van der Waals surface area contributed by atoms with E-state index in [1.165, 1.54) is 13.8 Å². The Morgan fingerprint density at radius 1 is 0.667 bits per heavy atom. The summed E-state index contributed by atoms with van der Waals surface area (Å²) in [4.78, 5) is 23.6. The highest BCUT2D eigenvalue weighted by molar-refractivity contribution is 6.84. The second kappa shape index (κ2) is 8.91. The molecule has 30 heavy (non-hydrogen) atoms. The molecule has 0 N–H and O–H groups in total. The molecule has 0 unspecified atom stereocenters. The molecule has 0 aliphatic carbocycles. The minimum absolute atomic E-state index is 0.379.